The summed E-state index contributed by atoms with van der Waals surface area (Å²) in [6.07, 6.45) is 1.59. The number of amides is 1. The Morgan fingerprint density at radius 1 is 1.59 bits per heavy atom. The molecule has 0 aliphatic heterocycles. The summed E-state index contributed by atoms with van der Waals surface area (Å²) in [6, 6.07) is 1.30. The standard InChI is InChI=1S/C11H18N4O2/c1-5-17-9-6-7-12-11(14-9)13-8(2)10(16)15(3)4/h6-8H,5H2,1-4H3,(H,12,13,14). The van der Waals surface area contributed by atoms with E-state index in [4.69, 9.17) is 4.74 Å². The second-order valence-corrected chi connectivity index (χ2v) is 3.75. The molecular formula is C11H18N4O2. The van der Waals surface area contributed by atoms with Gasteiger partial charge in [0.2, 0.25) is 17.7 Å². The van der Waals surface area contributed by atoms with Crippen LogP contribution in [0, 0.1) is 0 Å². The first-order valence-electron chi connectivity index (χ1n) is 5.48. The molecule has 1 unspecified atom stereocenters. The zero-order valence-corrected chi connectivity index (χ0v) is 10.6. The molecule has 6 heteroatoms. The van der Waals surface area contributed by atoms with E-state index in [-0.39, 0.29) is 11.9 Å². The molecule has 0 aliphatic carbocycles. The van der Waals surface area contributed by atoms with E-state index >= 15 is 0 Å². The normalized spacial score (nSPS) is 11.8. The van der Waals surface area contributed by atoms with Crippen LogP contribution in [0.4, 0.5) is 5.95 Å². The number of carbonyl (C=O) groups is 1. The molecule has 1 N–H and O–H groups in total. The van der Waals surface area contributed by atoms with Gasteiger partial charge in [0.15, 0.2) is 0 Å². The average molecular weight is 238 g/mol. The number of nitrogens with one attached hydrogen (secondary N) is 1. The van der Waals surface area contributed by atoms with Crippen LogP contribution in [0.1, 0.15) is 13.8 Å². The van der Waals surface area contributed by atoms with Gasteiger partial charge in [-0.2, -0.15) is 4.98 Å². The molecule has 0 spiro atoms. The van der Waals surface area contributed by atoms with Crippen molar-refractivity contribution in [3.8, 4) is 5.88 Å². The number of aromatic nitrogens is 2. The van der Waals surface area contributed by atoms with E-state index in [1.807, 2.05) is 6.92 Å². The second-order valence-electron chi connectivity index (χ2n) is 3.75. The van der Waals surface area contributed by atoms with Crippen LogP contribution in [0.3, 0.4) is 0 Å². The smallest absolute Gasteiger partial charge is 0.244 e. The van der Waals surface area contributed by atoms with Gasteiger partial charge < -0.3 is 15.0 Å². The Morgan fingerprint density at radius 3 is 2.88 bits per heavy atom. The van der Waals surface area contributed by atoms with E-state index in [2.05, 4.69) is 15.3 Å². The van der Waals surface area contributed by atoms with Crippen LogP contribution in [0.5, 0.6) is 5.88 Å². The number of hydrogen-bond donors (Lipinski definition) is 1. The van der Waals surface area contributed by atoms with Gasteiger partial charge in [-0.3, -0.25) is 4.79 Å². The number of hydrogen-bond acceptors (Lipinski definition) is 5. The molecule has 1 amide bonds. The maximum absolute atomic E-state index is 11.6. The van der Waals surface area contributed by atoms with Crippen LogP contribution in [0.15, 0.2) is 12.3 Å². The summed E-state index contributed by atoms with van der Waals surface area (Å²) in [5.74, 6) is 0.851. The van der Waals surface area contributed by atoms with E-state index in [1.54, 1.807) is 33.3 Å². The van der Waals surface area contributed by atoms with Gasteiger partial charge >= 0.3 is 0 Å². The van der Waals surface area contributed by atoms with E-state index in [0.717, 1.165) is 0 Å². The summed E-state index contributed by atoms with van der Waals surface area (Å²) in [7, 11) is 3.41. The quantitative estimate of drug-likeness (QED) is 0.820. The third kappa shape index (κ3) is 3.90. The van der Waals surface area contributed by atoms with Crippen molar-refractivity contribution in [1.82, 2.24) is 14.9 Å². The van der Waals surface area contributed by atoms with E-state index in [0.29, 0.717) is 18.4 Å². The highest BCUT2D eigenvalue weighted by Crippen LogP contribution is 2.09. The number of ether oxygens (including phenoxy) is 1. The molecule has 0 aliphatic rings. The van der Waals surface area contributed by atoms with Crippen LogP contribution < -0.4 is 10.1 Å². The maximum atomic E-state index is 11.6. The van der Waals surface area contributed by atoms with Crippen molar-refractivity contribution in [3.63, 3.8) is 0 Å². The van der Waals surface area contributed by atoms with Gasteiger partial charge in [0.1, 0.15) is 6.04 Å². The monoisotopic (exact) mass is 238 g/mol. The summed E-state index contributed by atoms with van der Waals surface area (Å²) in [6.45, 7) is 4.19. The molecule has 1 rings (SSSR count). The minimum atomic E-state index is -0.373. The van der Waals surface area contributed by atoms with Crippen molar-refractivity contribution in [2.75, 3.05) is 26.0 Å². The van der Waals surface area contributed by atoms with Crippen molar-refractivity contribution >= 4 is 11.9 Å². The lowest BCUT2D eigenvalue weighted by Gasteiger charge is -2.17. The average Bonchev–Trinajstić information content (AvgIpc) is 2.28. The summed E-state index contributed by atoms with van der Waals surface area (Å²) in [5.41, 5.74) is 0. The fourth-order valence-electron chi connectivity index (χ4n) is 1.28. The van der Waals surface area contributed by atoms with Gasteiger partial charge in [0.05, 0.1) is 6.61 Å². The molecule has 0 bridgehead atoms. The predicted molar refractivity (Wildman–Crippen MR) is 65.0 cm³/mol. The molecule has 0 saturated carbocycles. The van der Waals surface area contributed by atoms with Gasteiger partial charge in [-0.15, -0.1) is 0 Å². The highest BCUT2D eigenvalue weighted by Gasteiger charge is 2.15. The van der Waals surface area contributed by atoms with E-state index < -0.39 is 0 Å². The van der Waals surface area contributed by atoms with Crippen molar-refractivity contribution < 1.29 is 9.53 Å². The lowest BCUT2D eigenvalue weighted by Crippen LogP contribution is -2.37. The maximum Gasteiger partial charge on any atom is 0.244 e. The van der Waals surface area contributed by atoms with Crippen LogP contribution in [0.2, 0.25) is 0 Å². The van der Waals surface area contributed by atoms with Gasteiger partial charge in [-0.05, 0) is 13.8 Å². The van der Waals surface area contributed by atoms with Crippen LogP contribution >= 0.6 is 0 Å². The van der Waals surface area contributed by atoms with Gasteiger partial charge in [0, 0.05) is 26.4 Å². The summed E-state index contributed by atoms with van der Waals surface area (Å²) < 4.78 is 5.25. The fourth-order valence-corrected chi connectivity index (χ4v) is 1.28. The Bertz CT molecular complexity index is 381. The fraction of sp³-hybridized carbons (Fsp3) is 0.545. The Hall–Kier alpha value is -1.85. The summed E-state index contributed by atoms with van der Waals surface area (Å²) in [5, 5.41) is 2.93. The molecule has 1 aromatic heterocycles. The number of anilines is 1. The number of carbonyl (C=O) groups excluding carboxylic acids is 1. The first-order chi connectivity index (χ1) is 8.04. The molecule has 17 heavy (non-hydrogen) atoms. The van der Waals surface area contributed by atoms with Crippen molar-refractivity contribution in [2.45, 2.75) is 19.9 Å². The number of likely N-dealkylation sites (N-methyl/N-ethyl adjacent to an activating group) is 1. The minimum Gasteiger partial charge on any atom is -0.478 e. The molecule has 1 aromatic rings. The summed E-state index contributed by atoms with van der Waals surface area (Å²) >= 11 is 0. The zero-order chi connectivity index (χ0) is 12.8. The van der Waals surface area contributed by atoms with Crippen LogP contribution in [-0.4, -0.2) is 47.5 Å². The molecule has 1 atom stereocenters. The van der Waals surface area contributed by atoms with Crippen molar-refractivity contribution in [1.29, 1.82) is 0 Å². The third-order valence-corrected chi connectivity index (χ3v) is 2.08. The Morgan fingerprint density at radius 2 is 2.29 bits per heavy atom. The third-order valence-electron chi connectivity index (χ3n) is 2.08. The predicted octanol–water partition coefficient (Wildman–Crippen LogP) is 0.764. The lowest BCUT2D eigenvalue weighted by molar-refractivity contribution is -0.129. The minimum absolute atomic E-state index is 0.0320. The highest BCUT2D eigenvalue weighted by atomic mass is 16.5. The molecule has 94 valence electrons. The van der Waals surface area contributed by atoms with Crippen molar-refractivity contribution in [3.05, 3.63) is 12.3 Å². The Labute approximate surface area is 101 Å². The lowest BCUT2D eigenvalue weighted by atomic mass is 10.3. The largest absolute Gasteiger partial charge is 0.478 e. The Kier molecular flexibility index (Phi) is 4.68. The van der Waals surface area contributed by atoms with Gasteiger partial charge in [0.25, 0.3) is 0 Å². The molecule has 1 heterocycles. The SMILES string of the molecule is CCOc1ccnc(NC(C)C(=O)N(C)C)n1. The molecule has 0 saturated heterocycles. The Balaban J connectivity index is 2.68. The van der Waals surface area contributed by atoms with Crippen molar-refractivity contribution in [2.24, 2.45) is 0 Å². The first-order valence-corrected chi connectivity index (χ1v) is 5.48. The molecule has 0 radical (unpaired) electrons. The summed E-state index contributed by atoms with van der Waals surface area (Å²) in [4.78, 5) is 21.3. The van der Waals surface area contributed by atoms with Crippen LogP contribution in [0.25, 0.3) is 0 Å². The van der Waals surface area contributed by atoms with E-state index in [1.165, 1.54) is 4.90 Å². The first kappa shape index (κ1) is 13.2. The second kappa shape index (κ2) is 6.03. The zero-order valence-electron chi connectivity index (χ0n) is 10.6. The number of nitrogens with zero attached hydrogens (tertiary/aromatic N) is 3. The molecule has 0 fully saturated rings. The highest BCUT2D eigenvalue weighted by molar-refractivity contribution is 5.83. The number of rotatable bonds is 5. The van der Waals surface area contributed by atoms with Gasteiger partial charge in [-0.25, -0.2) is 4.98 Å². The molecular weight excluding hydrogens is 220 g/mol. The van der Waals surface area contributed by atoms with Crippen LogP contribution in [-0.2, 0) is 4.79 Å². The topological polar surface area (TPSA) is 67.3 Å². The van der Waals surface area contributed by atoms with Gasteiger partial charge in [-0.1, -0.05) is 0 Å². The molecule has 6 nitrogen and oxygen atoms in total. The molecule has 0 aromatic carbocycles. The van der Waals surface area contributed by atoms with E-state index in [9.17, 15) is 4.79 Å².